The van der Waals surface area contributed by atoms with Gasteiger partial charge < -0.3 is 14.4 Å². The normalized spacial score (nSPS) is 17.9. The first kappa shape index (κ1) is 20.4. The van der Waals surface area contributed by atoms with E-state index >= 15 is 0 Å². The van der Waals surface area contributed by atoms with E-state index in [1.807, 2.05) is 20.8 Å². The summed E-state index contributed by atoms with van der Waals surface area (Å²) in [6, 6.07) is 4.73. The van der Waals surface area contributed by atoms with Crippen molar-refractivity contribution in [1.82, 2.24) is 4.90 Å². The van der Waals surface area contributed by atoms with Crippen LogP contribution in [-0.2, 0) is 19.7 Å². The van der Waals surface area contributed by atoms with Crippen molar-refractivity contribution >= 4 is 17.6 Å². The number of carbonyl (C=O) groups is 2. The summed E-state index contributed by atoms with van der Waals surface area (Å²) in [4.78, 5) is 26.1. The highest BCUT2D eigenvalue weighted by atomic mass is 19.1. The van der Waals surface area contributed by atoms with Crippen molar-refractivity contribution in [2.75, 3.05) is 19.7 Å². The van der Waals surface area contributed by atoms with Gasteiger partial charge in [-0.3, -0.25) is 4.79 Å². The Morgan fingerprint density at radius 2 is 1.89 bits per heavy atom. The number of rotatable bonds is 3. The molecule has 2 aliphatic rings. The van der Waals surface area contributed by atoms with Crippen LogP contribution in [0.2, 0.25) is 0 Å². The molecule has 1 spiro atoms. The van der Waals surface area contributed by atoms with Crippen molar-refractivity contribution in [3.63, 3.8) is 0 Å². The molecule has 0 atom stereocenters. The largest absolute Gasteiger partial charge is 0.466 e. The van der Waals surface area contributed by atoms with Crippen molar-refractivity contribution in [2.45, 2.75) is 58.0 Å². The van der Waals surface area contributed by atoms with Gasteiger partial charge in [0, 0.05) is 18.5 Å². The molecule has 0 N–H and O–H groups in total. The summed E-state index contributed by atoms with van der Waals surface area (Å²) in [6.45, 7) is 8.68. The lowest BCUT2D eigenvalue weighted by molar-refractivity contribution is -0.141. The van der Waals surface area contributed by atoms with Crippen LogP contribution in [0.25, 0.3) is 5.57 Å². The summed E-state index contributed by atoms with van der Waals surface area (Å²) in [6.07, 6.45) is 3.25. The molecule has 152 valence electrons. The Morgan fingerprint density at radius 3 is 2.50 bits per heavy atom. The first-order valence-electron chi connectivity index (χ1n) is 9.79. The second kappa shape index (κ2) is 7.57. The van der Waals surface area contributed by atoms with Crippen LogP contribution in [0.3, 0.4) is 0 Å². The molecule has 0 unspecified atom stereocenters. The molecule has 1 aliphatic carbocycles. The predicted molar refractivity (Wildman–Crippen MR) is 104 cm³/mol. The van der Waals surface area contributed by atoms with Crippen LogP contribution in [0, 0.1) is 5.82 Å². The summed E-state index contributed by atoms with van der Waals surface area (Å²) in [5.41, 5.74) is 1.77. The molecule has 1 aromatic carbocycles. The van der Waals surface area contributed by atoms with E-state index in [4.69, 9.17) is 9.47 Å². The van der Waals surface area contributed by atoms with Crippen LogP contribution in [0.5, 0.6) is 0 Å². The Balaban J connectivity index is 1.81. The van der Waals surface area contributed by atoms with E-state index in [1.165, 1.54) is 6.07 Å². The number of nitrogens with zero attached hydrogens (tertiary/aromatic N) is 1. The molecule has 1 aromatic rings. The first-order valence-corrected chi connectivity index (χ1v) is 9.79. The highest BCUT2D eigenvalue weighted by Gasteiger charge is 2.42. The van der Waals surface area contributed by atoms with Crippen LogP contribution < -0.4 is 0 Å². The Hall–Kier alpha value is -2.37. The van der Waals surface area contributed by atoms with E-state index in [-0.39, 0.29) is 29.7 Å². The molecule has 3 rings (SSSR count). The number of fused-ring (bicyclic) bond motifs is 2. The van der Waals surface area contributed by atoms with Crippen LogP contribution in [0.1, 0.15) is 58.1 Å². The molecule has 1 aliphatic heterocycles. The van der Waals surface area contributed by atoms with Crippen molar-refractivity contribution in [3.8, 4) is 0 Å². The molecule has 0 bridgehead atoms. The molecule has 1 heterocycles. The van der Waals surface area contributed by atoms with Gasteiger partial charge in [0.05, 0.1) is 13.0 Å². The number of halogens is 1. The van der Waals surface area contributed by atoms with E-state index in [0.717, 1.165) is 16.7 Å². The van der Waals surface area contributed by atoms with Gasteiger partial charge in [0.1, 0.15) is 11.4 Å². The molecule has 0 saturated carbocycles. The van der Waals surface area contributed by atoms with Gasteiger partial charge in [0.25, 0.3) is 0 Å². The third kappa shape index (κ3) is 4.21. The summed E-state index contributed by atoms with van der Waals surface area (Å²) in [5, 5.41) is 0. The lowest BCUT2D eigenvalue weighted by Gasteiger charge is -2.39. The second-order valence-corrected chi connectivity index (χ2v) is 8.46. The highest BCUT2D eigenvalue weighted by Crippen LogP contribution is 2.48. The number of benzene rings is 1. The summed E-state index contributed by atoms with van der Waals surface area (Å²) in [7, 11) is 0. The van der Waals surface area contributed by atoms with Gasteiger partial charge in [-0.1, -0.05) is 12.1 Å². The molecule has 5 nitrogen and oxygen atoms in total. The number of amides is 1. The average molecular weight is 389 g/mol. The van der Waals surface area contributed by atoms with E-state index in [9.17, 15) is 14.0 Å². The van der Waals surface area contributed by atoms with Crippen LogP contribution in [-0.4, -0.2) is 42.3 Å². The van der Waals surface area contributed by atoms with E-state index in [1.54, 1.807) is 24.0 Å². The lowest BCUT2D eigenvalue weighted by Crippen LogP contribution is -2.45. The number of carbonyl (C=O) groups excluding carboxylic acids is 2. The predicted octanol–water partition coefficient (Wildman–Crippen LogP) is 4.44. The van der Waals surface area contributed by atoms with Gasteiger partial charge in [-0.05, 0) is 69.4 Å². The van der Waals surface area contributed by atoms with Gasteiger partial charge in [-0.15, -0.1) is 0 Å². The quantitative estimate of drug-likeness (QED) is 0.717. The Morgan fingerprint density at radius 1 is 1.21 bits per heavy atom. The third-order valence-electron chi connectivity index (χ3n) is 5.26. The standard InChI is InChI=1S/C22H28FNO4/c1-5-27-19(25)12-15-14-22(18-13-16(23)6-7-17(15)18)8-10-24(11-9-22)20(26)28-21(2,3)4/h6-7,13-14H,5,8-12H2,1-4H3. The second-order valence-electron chi connectivity index (χ2n) is 8.46. The molecule has 1 amide bonds. The van der Waals surface area contributed by atoms with Crippen molar-refractivity contribution in [2.24, 2.45) is 0 Å². The summed E-state index contributed by atoms with van der Waals surface area (Å²) >= 11 is 0. The van der Waals surface area contributed by atoms with E-state index in [0.29, 0.717) is 32.5 Å². The minimum atomic E-state index is -0.540. The summed E-state index contributed by atoms with van der Waals surface area (Å²) in [5.74, 6) is -0.578. The van der Waals surface area contributed by atoms with Gasteiger partial charge in [-0.2, -0.15) is 0 Å². The Labute approximate surface area is 165 Å². The fourth-order valence-electron chi connectivity index (χ4n) is 4.04. The van der Waals surface area contributed by atoms with E-state index < -0.39 is 5.60 Å². The lowest BCUT2D eigenvalue weighted by atomic mass is 9.74. The van der Waals surface area contributed by atoms with Crippen LogP contribution in [0.4, 0.5) is 9.18 Å². The van der Waals surface area contributed by atoms with Gasteiger partial charge in [0.2, 0.25) is 0 Å². The topological polar surface area (TPSA) is 55.8 Å². The smallest absolute Gasteiger partial charge is 0.410 e. The van der Waals surface area contributed by atoms with Crippen molar-refractivity contribution in [1.29, 1.82) is 0 Å². The summed E-state index contributed by atoms with van der Waals surface area (Å²) < 4.78 is 24.6. The molecule has 6 heteroatoms. The van der Waals surface area contributed by atoms with Crippen molar-refractivity contribution in [3.05, 3.63) is 41.2 Å². The van der Waals surface area contributed by atoms with Gasteiger partial charge in [0.15, 0.2) is 0 Å². The minimum Gasteiger partial charge on any atom is -0.466 e. The number of likely N-dealkylation sites (tertiary alicyclic amines) is 1. The SMILES string of the molecule is CCOC(=O)CC1=CC2(CCN(C(=O)OC(C)(C)C)CC2)c2cc(F)ccc21. The molecule has 1 saturated heterocycles. The minimum absolute atomic E-state index is 0.171. The van der Waals surface area contributed by atoms with Crippen LogP contribution >= 0.6 is 0 Å². The zero-order chi connectivity index (χ0) is 20.5. The third-order valence-corrected chi connectivity index (χ3v) is 5.26. The molecule has 28 heavy (non-hydrogen) atoms. The zero-order valence-corrected chi connectivity index (χ0v) is 17.0. The number of esters is 1. The maximum Gasteiger partial charge on any atom is 0.410 e. The van der Waals surface area contributed by atoms with E-state index in [2.05, 4.69) is 6.08 Å². The molecule has 0 aromatic heterocycles. The maximum atomic E-state index is 14.0. The molecule has 0 radical (unpaired) electrons. The van der Waals surface area contributed by atoms with Gasteiger partial charge >= 0.3 is 12.1 Å². The Bertz CT molecular complexity index is 801. The van der Waals surface area contributed by atoms with Gasteiger partial charge in [-0.25, -0.2) is 9.18 Å². The molecular formula is C22H28FNO4. The molecular weight excluding hydrogens is 361 g/mol. The number of ether oxygens (including phenoxy) is 2. The monoisotopic (exact) mass is 389 g/mol. The zero-order valence-electron chi connectivity index (χ0n) is 17.0. The number of hydrogen-bond donors (Lipinski definition) is 0. The average Bonchev–Trinajstić information content (AvgIpc) is 2.87. The Kier molecular flexibility index (Phi) is 5.50. The number of allylic oxidation sites excluding steroid dienone is 1. The number of hydrogen-bond acceptors (Lipinski definition) is 4. The molecule has 1 fully saturated rings. The van der Waals surface area contributed by atoms with Crippen molar-refractivity contribution < 1.29 is 23.5 Å². The maximum absolute atomic E-state index is 14.0. The van der Waals surface area contributed by atoms with Crippen LogP contribution in [0.15, 0.2) is 24.3 Å². The number of piperidine rings is 1. The fourth-order valence-corrected chi connectivity index (χ4v) is 4.04. The first-order chi connectivity index (χ1) is 13.1. The highest BCUT2D eigenvalue weighted by molar-refractivity contribution is 5.89. The fraction of sp³-hybridized carbons (Fsp3) is 0.545.